The predicted molar refractivity (Wildman–Crippen MR) is 492 cm³/mol. The molecule has 6 saturated heterocycles. The summed E-state index contributed by atoms with van der Waals surface area (Å²) in [5.41, 5.74) is 5.63. The Labute approximate surface area is 775 Å². The molecule has 20 aliphatic carbocycles. The maximum Gasteiger partial charge on any atom is 0.210 e. The molecule has 20 saturated carbocycles. The first-order valence-corrected chi connectivity index (χ1v) is 53.6. The van der Waals surface area contributed by atoms with Gasteiger partial charge < -0.3 is 42.6 Å². The van der Waals surface area contributed by atoms with E-state index in [0.29, 0.717) is 71.0 Å². The van der Waals surface area contributed by atoms with Crippen molar-refractivity contribution in [1.82, 2.24) is 9.80 Å². The van der Waals surface area contributed by atoms with Crippen molar-refractivity contribution in [3.63, 3.8) is 0 Å². The number of hydrogen-bond donors (Lipinski definition) is 0. The molecule has 8 atom stereocenters. The van der Waals surface area contributed by atoms with Gasteiger partial charge in [-0.05, 0) is 366 Å². The third-order valence-electron chi connectivity index (χ3n) is 37.4. The summed E-state index contributed by atoms with van der Waals surface area (Å²) < 4.78 is 57.3. The molecule has 0 amide bonds. The molecule has 6 heterocycles. The van der Waals surface area contributed by atoms with Gasteiger partial charge in [0.25, 0.3) is 0 Å². The lowest BCUT2D eigenvalue weighted by Gasteiger charge is -2.57. The molecule has 712 valence electrons. The van der Waals surface area contributed by atoms with E-state index in [2.05, 4.69) is 135 Å². The van der Waals surface area contributed by atoms with E-state index in [4.69, 9.17) is 81.7 Å². The van der Waals surface area contributed by atoms with Gasteiger partial charge in [0.05, 0.1) is 19.8 Å². The fourth-order valence-corrected chi connectivity index (χ4v) is 31.8. The zero-order valence-corrected chi connectivity index (χ0v) is 79.3. The predicted octanol–water partition coefficient (Wildman–Crippen LogP) is 24.3. The number of unbranched alkanes of at least 4 members (excludes halogenated alkanes) is 1. The molecule has 26 fully saturated rings. The van der Waals surface area contributed by atoms with Crippen LogP contribution in [0.1, 0.15) is 343 Å². The lowest BCUT2D eigenvalue weighted by atomic mass is 9.53. The van der Waals surface area contributed by atoms with Crippen LogP contribution in [0, 0.1) is 100 Å². The minimum Gasteiger partial charge on any atom is -0.494 e. The van der Waals surface area contributed by atoms with Crippen molar-refractivity contribution in [3.8, 4) is 23.0 Å². The lowest BCUT2D eigenvalue weighted by molar-refractivity contribution is -0.390. The Balaban J connectivity index is 0.0000000989. The van der Waals surface area contributed by atoms with Crippen molar-refractivity contribution in [2.75, 3.05) is 78.9 Å². The second-order valence-corrected chi connectivity index (χ2v) is 47.7. The van der Waals surface area contributed by atoms with E-state index in [1.165, 1.54) is 209 Å². The molecule has 19 heteroatoms. The first kappa shape index (κ1) is 89.4. The van der Waals surface area contributed by atoms with Crippen molar-refractivity contribution in [1.29, 1.82) is 0 Å². The molecule has 0 radical (unpaired) electrons. The van der Waals surface area contributed by atoms with Crippen LogP contribution in [0.2, 0.25) is 0 Å². The highest BCUT2D eigenvalue weighted by Crippen LogP contribution is 2.70. The second-order valence-electron chi connectivity index (χ2n) is 47.7. The number of piperidine rings is 1. The first-order chi connectivity index (χ1) is 63.4. The topological polar surface area (TPSA) is 163 Å². The molecule has 0 N–H and O–H groups in total. The minimum absolute atomic E-state index is 0.166. The molecule has 130 heavy (non-hydrogen) atoms. The summed E-state index contributed by atoms with van der Waals surface area (Å²) in [7, 11) is 0. The van der Waals surface area contributed by atoms with Crippen molar-refractivity contribution < 1.29 is 81.7 Å². The fraction of sp³-hybridized carbons (Fsp3) is 0.784. The minimum atomic E-state index is -0.565. The van der Waals surface area contributed by atoms with Crippen LogP contribution in [0.4, 0.5) is 0 Å². The maximum atomic E-state index is 6.97. The van der Waals surface area contributed by atoms with Crippen LogP contribution in [-0.2, 0) is 62.8 Å². The number of nitrogens with zero attached hydrogens (tertiary/aromatic N) is 2. The Kier molecular flexibility index (Phi) is 25.4. The van der Waals surface area contributed by atoms with Gasteiger partial charge in [-0.3, -0.25) is 9.80 Å². The Morgan fingerprint density at radius 2 is 0.577 bits per heavy atom. The van der Waals surface area contributed by atoms with Crippen molar-refractivity contribution in [2.24, 2.45) is 100 Å². The summed E-state index contributed by atoms with van der Waals surface area (Å²) in [4.78, 5) is 54.7. The van der Waals surface area contributed by atoms with Gasteiger partial charge in [0, 0.05) is 131 Å². The van der Waals surface area contributed by atoms with Gasteiger partial charge in [-0.15, -0.1) is 0 Å². The van der Waals surface area contributed by atoms with Crippen molar-refractivity contribution in [2.45, 2.75) is 367 Å². The summed E-state index contributed by atoms with van der Waals surface area (Å²) in [5.74, 6) is 13.0. The molecule has 4 unspecified atom stereocenters. The Bertz CT molecular complexity index is 4320. The fourth-order valence-electron chi connectivity index (χ4n) is 31.8. The average molecular weight is 1790 g/mol. The van der Waals surface area contributed by atoms with Crippen LogP contribution in [0.25, 0.3) is 0 Å². The molecule has 4 aromatic carbocycles. The van der Waals surface area contributed by atoms with Gasteiger partial charge >= 0.3 is 0 Å². The second kappa shape index (κ2) is 37.0. The van der Waals surface area contributed by atoms with Gasteiger partial charge in [-0.25, -0.2) is 0 Å². The molecule has 19 nitrogen and oxygen atoms in total. The normalized spacial score (nSPS) is 43.7. The molecule has 6 aliphatic heterocycles. The summed E-state index contributed by atoms with van der Waals surface area (Å²) >= 11 is 0. The first-order valence-electron chi connectivity index (χ1n) is 53.6. The Morgan fingerprint density at radius 3 is 0.869 bits per heavy atom. The monoisotopic (exact) mass is 1790 g/mol. The Morgan fingerprint density at radius 1 is 0.300 bits per heavy atom. The number of rotatable bonds is 18. The molecule has 30 rings (SSSR count). The van der Waals surface area contributed by atoms with Crippen molar-refractivity contribution in [3.05, 3.63) is 119 Å². The summed E-state index contributed by atoms with van der Waals surface area (Å²) in [6, 6.07) is 35.0. The van der Waals surface area contributed by atoms with Gasteiger partial charge in [0.2, 0.25) is 46.3 Å². The Hall–Kier alpha value is -4.52. The van der Waals surface area contributed by atoms with Gasteiger partial charge in [0.15, 0.2) is 0 Å². The van der Waals surface area contributed by atoms with E-state index in [1.807, 2.05) is 0 Å². The number of benzene rings is 4. The smallest absolute Gasteiger partial charge is 0.210 e. The van der Waals surface area contributed by atoms with Crippen LogP contribution < -0.4 is 18.9 Å². The molecule has 26 aliphatic rings. The van der Waals surface area contributed by atoms with Crippen LogP contribution >= 0.6 is 0 Å². The number of hydrogen-bond acceptors (Lipinski definition) is 19. The van der Waals surface area contributed by atoms with Crippen LogP contribution in [0.5, 0.6) is 23.0 Å². The summed E-state index contributed by atoms with van der Waals surface area (Å²) in [5, 5.41) is 0. The van der Waals surface area contributed by atoms with Crippen LogP contribution in [-0.4, -0.2) is 135 Å². The average Bonchev–Trinajstić information content (AvgIpc) is 1.50. The van der Waals surface area contributed by atoms with Crippen LogP contribution in [0.15, 0.2) is 97.1 Å². The van der Waals surface area contributed by atoms with E-state index >= 15 is 0 Å². The third-order valence-corrected chi connectivity index (χ3v) is 37.4. The number of likely N-dealkylation sites (tertiary alicyclic amines) is 1. The highest BCUT2D eigenvalue weighted by Gasteiger charge is 2.72. The zero-order chi connectivity index (χ0) is 87.3. The van der Waals surface area contributed by atoms with E-state index in [9.17, 15) is 0 Å². The van der Waals surface area contributed by atoms with Crippen molar-refractivity contribution >= 4 is 0 Å². The van der Waals surface area contributed by atoms with E-state index in [1.54, 1.807) is 0 Å². The number of ether oxygens (including phenoxy) is 9. The highest BCUT2D eigenvalue weighted by atomic mass is 17.3. The molecule has 8 spiro atoms. The van der Waals surface area contributed by atoms with Crippen LogP contribution in [0.3, 0.4) is 0 Å². The quantitative estimate of drug-likeness (QED) is 0.0682. The lowest BCUT2D eigenvalue weighted by Crippen LogP contribution is -2.59. The SMILES string of the molecule is CC(C)(C)COc1ccc(C2CCC[C@]3(C2)OOC2(O3)C3CC4CC(C3)CC2C4)cc1.CCCCOc1ccc(C2CCC[C@]3(C2)OOC2(O3)C3CC4CC(C3)CC2C4)cc1.c1cc(C2CCC[C@]3(C2)OOC2(O3)C3CC4CC(C3)CC2C4)ccc1OCCN1CCCCC1.c1cc(C2CCC[C@]3(C2)OOC2(O3)C3CC4CC(C3)CC2C4)ccc1OCCN1CCCOCC1. The van der Waals surface area contributed by atoms with E-state index in [-0.39, 0.29) is 5.41 Å². The molecular weight excluding hydrogens is 1630 g/mol. The largest absolute Gasteiger partial charge is 0.494 e. The van der Waals surface area contributed by atoms with E-state index in [0.717, 1.165) is 232 Å². The zero-order valence-electron chi connectivity index (χ0n) is 79.3. The molecule has 16 bridgehead atoms. The molecule has 0 aromatic heterocycles. The van der Waals surface area contributed by atoms with Gasteiger partial charge in [-0.1, -0.05) is 89.1 Å². The van der Waals surface area contributed by atoms with E-state index < -0.39 is 46.3 Å². The summed E-state index contributed by atoms with van der Waals surface area (Å²) in [6.07, 6.45) is 50.1. The molecular formula is C111H156N2O17. The van der Waals surface area contributed by atoms with Gasteiger partial charge in [-0.2, -0.15) is 39.1 Å². The third kappa shape index (κ3) is 18.1. The maximum absolute atomic E-state index is 6.97. The summed E-state index contributed by atoms with van der Waals surface area (Å²) in [6.45, 7) is 20.1. The highest BCUT2D eigenvalue weighted by molar-refractivity contribution is 5.34. The van der Waals surface area contributed by atoms with Gasteiger partial charge in [0.1, 0.15) is 36.2 Å². The standard InChI is InChI=1S/C29H41NO5.C29H41NO4.C27H38O4.C26H36O4/c1-3-24(23-4-6-27(7-5-23)32-14-11-30-9-2-12-31-13-10-30)20-28(8-1)33-29(35-34-28)25-16-21-15-22(18-25)19-26(29)17-21;1-2-11-30(12-3-1)13-14-31-27-8-6-23(7-9-27)24-5-4-10-28(20-24)32-29(34-33-28)25-16-21-15-22(18-25)19-26(29)17-21;1-25(2,3)17-28-24-8-6-20(7-9-24)21-5-4-10-26(16-21)29-27(31-30-26)22-12-18-11-19(14-22)15-23(27)13-18;1-2-3-11-27-24-8-6-20(7-9-24)21-5-4-10-25(17-21)28-26(30-29-25)22-13-18-12-19(15-22)16-23(26)14-18/h4-7,21-22,24-26H,1-3,8-20H2;6-9,21-22,24-26H,1-5,10-20H2;6-9,18-19,21-23H,4-5,10-17H2,1-3H3;6-9,18-19,21-23H,2-5,10-17H2,1H3/t2*21?,22?,24?,25?,26?,28-,29?;18?,19?,21?,22?,23?,26-,27?;18?,19?,21?,22?,23?,25-,26?/m1111/s1. The molecule has 4 aromatic rings.